The number of nitrogens with one attached hydrogen (secondary N) is 2. The summed E-state index contributed by atoms with van der Waals surface area (Å²) in [5.41, 5.74) is 0.452. The van der Waals surface area contributed by atoms with Crippen LogP contribution in [0.1, 0.15) is 25.1 Å². The zero-order chi connectivity index (χ0) is 17.2. The van der Waals surface area contributed by atoms with Crippen molar-refractivity contribution in [3.8, 4) is 0 Å². The number of amides is 1. The topological polar surface area (TPSA) is 109 Å². The van der Waals surface area contributed by atoms with Gasteiger partial charge >= 0.3 is 0 Å². The van der Waals surface area contributed by atoms with Crippen molar-refractivity contribution in [1.29, 1.82) is 0 Å². The molecule has 0 spiro atoms. The van der Waals surface area contributed by atoms with E-state index >= 15 is 0 Å². The summed E-state index contributed by atoms with van der Waals surface area (Å²) in [6.45, 7) is 0. The molecule has 0 bridgehead atoms. The van der Waals surface area contributed by atoms with Crippen LogP contribution in [0.25, 0.3) is 10.9 Å². The number of H-pyrrole nitrogens is 1. The molecule has 1 fully saturated rings. The summed E-state index contributed by atoms with van der Waals surface area (Å²) in [6, 6.07) is 6.82. The molecule has 0 saturated carbocycles. The Bertz CT molecular complexity index is 920. The van der Waals surface area contributed by atoms with Crippen LogP contribution in [0.2, 0.25) is 0 Å². The molecular weight excluding hydrogens is 330 g/mol. The molecule has 1 atom stereocenters. The van der Waals surface area contributed by atoms with E-state index in [1.807, 2.05) is 6.07 Å². The van der Waals surface area contributed by atoms with E-state index in [0.717, 1.165) is 0 Å². The highest BCUT2D eigenvalue weighted by atomic mass is 32.2. The van der Waals surface area contributed by atoms with Crippen molar-refractivity contribution in [3.05, 3.63) is 40.4 Å². The Hall–Kier alpha value is -2.22. The fourth-order valence-electron chi connectivity index (χ4n) is 2.88. The largest absolute Gasteiger partial charge is 0.352 e. The first-order valence-corrected chi connectivity index (χ1v) is 9.73. The highest BCUT2D eigenvalue weighted by Crippen LogP contribution is 2.12. The monoisotopic (exact) mass is 349 g/mol. The van der Waals surface area contributed by atoms with Crippen LogP contribution >= 0.6 is 0 Å². The molecule has 1 aliphatic rings. The number of carbonyl (C=O) groups excluding carboxylic acids is 1. The van der Waals surface area contributed by atoms with Gasteiger partial charge in [0.25, 0.3) is 5.56 Å². The highest BCUT2D eigenvalue weighted by molar-refractivity contribution is 7.91. The molecule has 1 unspecified atom stereocenters. The lowest BCUT2D eigenvalue weighted by Crippen LogP contribution is -2.35. The van der Waals surface area contributed by atoms with E-state index in [0.29, 0.717) is 36.0 Å². The summed E-state index contributed by atoms with van der Waals surface area (Å²) in [5, 5.41) is 3.29. The molecule has 2 heterocycles. The number of rotatable bonds is 5. The first-order valence-electron chi connectivity index (χ1n) is 7.91. The van der Waals surface area contributed by atoms with Crippen LogP contribution < -0.4 is 10.9 Å². The van der Waals surface area contributed by atoms with Crippen molar-refractivity contribution in [3.63, 3.8) is 0 Å². The predicted molar refractivity (Wildman–Crippen MR) is 90.5 cm³/mol. The number of sulfone groups is 1. The number of nitrogens with zero attached hydrogens (tertiary/aromatic N) is 1. The second-order valence-corrected chi connectivity index (χ2v) is 8.28. The van der Waals surface area contributed by atoms with Crippen molar-refractivity contribution in [2.24, 2.45) is 0 Å². The third-order valence-corrected chi connectivity index (χ3v) is 5.84. The van der Waals surface area contributed by atoms with Gasteiger partial charge in [0.1, 0.15) is 5.82 Å². The zero-order valence-electron chi connectivity index (χ0n) is 13.1. The van der Waals surface area contributed by atoms with Crippen molar-refractivity contribution >= 4 is 26.6 Å². The van der Waals surface area contributed by atoms with Crippen molar-refractivity contribution in [2.75, 3.05) is 11.5 Å². The van der Waals surface area contributed by atoms with Gasteiger partial charge in [0, 0.05) is 18.9 Å². The number of hydrogen-bond acceptors (Lipinski definition) is 5. The van der Waals surface area contributed by atoms with Gasteiger partial charge in [-0.25, -0.2) is 13.4 Å². The number of benzene rings is 1. The molecule has 1 aromatic heterocycles. The Morgan fingerprint density at radius 1 is 1.33 bits per heavy atom. The Labute approximate surface area is 139 Å². The number of aryl methyl sites for hydroxylation is 1. The molecule has 24 heavy (non-hydrogen) atoms. The van der Waals surface area contributed by atoms with Crippen LogP contribution in [0.5, 0.6) is 0 Å². The highest BCUT2D eigenvalue weighted by Gasteiger charge is 2.28. The molecule has 2 N–H and O–H groups in total. The Balaban J connectivity index is 1.53. The standard InChI is InChI=1S/C16H19N3O4S/c20-15(17-11-8-9-24(22,23)10-11)7-3-6-14-18-13-5-2-1-4-12(13)16(21)19-14/h1-2,4-5,11H,3,6-10H2,(H,17,20)(H,18,19,21). The summed E-state index contributed by atoms with van der Waals surface area (Å²) in [7, 11) is -2.99. The molecule has 128 valence electrons. The van der Waals surface area contributed by atoms with E-state index in [4.69, 9.17) is 0 Å². The number of para-hydroxylation sites is 1. The summed E-state index contributed by atoms with van der Waals surface area (Å²) in [6.07, 6.45) is 1.77. The zero-order valence-corrected chi connectivity index (χ0v) is 13.9. The maximum Gasteiger partial charge on any atom is 0.258 e. The molecule has 1 aliphatic heterocycles. The van der Waals surface area contributed by atoms with Gasteiger partial charge in [-0.2, -0.15) is 0 Å². The van der Waals surface area contributed by atoms with Gasteiger partial charge < -0.3 is 10.3 Å². The maximum absolute atomic E-state index is 12.0. The minimum Gasteiger partial charge on any atom is -0.352 e. The molecule has 1 amide bonds. The van der Waals surface area contributed by atoms with E-state index < -0.39 is 9.84 Å². The second kappa shape index (κ2) is 6.72. The summed E-state index contributed by atoms with van der Waals surface area (Å²) in [4.78, 5) is 31.0. The van der Waals surface area contributed by atoms with Crippen LogP contribution in [-0.4, -0.2) is 41.8 Å². The Morgan fingerprint density at radius 2 is 2.12 bits per heavy atom. The van der Waals surface area contributed by atoms with E-state index in [9.17, 15) is 18.0 Å². The lowest BCUT2D eigenvalue weighted by molar-refractivity contribution is -0.121. The number of aromatic amines is 1. The van der Waals surface area contributed by atoms with Crippen LogP contribution in [0.3, 0.4) is 0 Å². The van der Waals surface area contributed by atoms with Gasteiger partial charge in [0.15, 0.2) is 9.84 Å². The van der Waals surface area contributed by atoms with Gasteiger partial charge in [-0.05, 0) is 25.0 Å². The first kappa shape index (κ1) is 16.6. The van der Waals surface area contributed by atoms with Gasteiger partial charge in [0.2, 0.25) is 5.91 Å². The quantitative estimate of drug-likeness (QED) is 0.819. The van der Waals surface area contributed by atoms with Gasteiger partial charge in [0.05, 0.1) is 22.4 Å². The van der Waals surface area contributed by atoms with Gasteiger partial charge in [-0.3, -0.25) is 9.59 Å². The number of carbonyl (C=O) groups is 1. The average Bonchev–Trinajstić information content (AvgIpc) is 2.86. The molecule has 3 rings (SSSR count). The minimum atomic E-state index is -2.99. The molecule has 2 aromatic rings. The molecule has 0 aliphatic carbocycles. The van der Waals surface area contributed by atoms with Gasteiger partial charge in [-0.1, -0.05) is 12.1 Å². The van der Waals surface area contributed by atoms with E-state index in [1.165, 1.54) is 0 Å². The summed E-state index contributed by atoms with van der Waals surface area (Å²) in [5.74, 6) is 0.550. The molecule has 8 heteroatoms. The lowest BCUT2D eigenvalue weighted by Gasteiger charge is -2.10. The second-order valence-electron chi connectivity index (χ2n) is 6.05. The first-order chi connectivity index (χ1) is 11.4. The minimum absolute atomic E-state index is 0.0261. The molecule has 1 saturated heterocycles. The SMILES string of the molecule is O=C(CCCc1nc2ccccc2c(=O)[nH]1)NC1CCS(=O)(=O)C1. The van der Waals surface area contributed by atoms with E-state index in [1.54, 1.807) is 18.2 Å². The van der Waals surface area contributed by atoms with E-state index in [2.05, 4.69) is 15.3 Å². The third-order valence-electron chi connectivity index (χ3n) is 4.08. The molecule has 1 aromatic carbocycles. The number of fused-ring (bicyclic) bond motifs is 1. The van der Waals surface area contributed by atoms with Gasteiger partial charge in [-0.15, -0.1) is 0 Å². The third kappa shape index (κ3) is 4.00. The molecule has 7 nitrogen and oxygen atoms in total. The fraction of sp³-hybridized carbons (Fsp3) is 0.438. The van der Waals surface area contributed by atoms with E-state index in [-0.39, 0.29) is 35.4 Å². The number of hydrogen-bond donors (Lipinski definition) is 2. The smallest absolute Gasteiger partial charge is 0.258 e. The summed E-state index contributed by atoms with van der Waals surface area (Å²) >= 11 is 0. The Kier molecular flexibility index (Phi) is 4.66. The summed E-state index contributed by atoms with van der Waals surface area (Å²) < 4.78 is 22.7. The van der Waals surface area contributed by atoms with Crippen LogP contribution in [-0.2, 0) is 21.1 Å². The number of aromatic nitrogens is 2. The predicted octanol–water partition coefficient (Wildman–Crippen LogP) is 0.549. The Morgan fingerprint density at radius 3 is 2.88 bits per heavy atom. The van der Waals surface area contributed by atoms with Crippen molar-refractivity contribution in [2.45, 2.75) is 31.7 Å². The van der Waals surface area contributed by atoms with Crippen LogP contribution in [0, 0.1) is 0 Å². The lowest BCUT2D eigenvalue weighted by atomic mass is 10.2. The normalized spacial score (nSPS) is 19.4. The molecular formula is C16H19N3O4S. The van der Waals surface area contributed by atoms with Crippen LogP contribution in [0.4, 0.5) is 0 Å². The van der Waals surface area contributed by atoms with Crippen molar-refractivity contribution < 1.29 is 13.2 Å². The van der Waals surface area contributed by atoms with Crippen LogP contribution in [0.15, 0.2) is 29.1 Å². The molecule has 0 radical (unpaired) electrons. The average molecular weight is 349 g/mol. The maximum atomic E-state index is 12.0. The van der Waals surface area contributed by atoms with Crippen molar-refractivity contribution in [1.82, 2.24) is 15.3 Å². The fourth-order valence-corrected chi connectivity index (χ4v) is 4.55.